The van der Waals surface area contributed by atoms with Gasteiger partial charge in [-0.15, -0.1) is 0 Å². The van der Waals surface area contributed by atoms with Gasteiger partial charge < -0.3 is 5.32 Å². The SMILES string of the molecule is CCc1ccc(N(CCCC(=O)Nc2ccc(C(C)C)cc2)S(C)(=O)=O)cc1. The second-order valence-electron chi connectivity index (χ2n) is 7.28. The van der Waals surface area contributed by atoms with Gasteiger partial charge in [0.15, 0.2) is 0 Å². The van der Waals surface area contributed by atoms with Gasteiger partial charge in [-0.1, -0.05) is 45.0 Å². The van der Waals surface area contributed by atoms with Crippen molar-refractivity contribution in [3.05, 3.63) is 59.7 Å². The van der Waals surface area contributed by atoms with Crippen LogP contribution in [0.3, 0.4) is 0 Å². The number of benzene rings is 2. The van der Waals surface area contributed by atoms with Crippen LogP contribution in [0.4, 0.5) is 11.4 Å². The lowest BCUT2D eigenvalue weighted by Gasteiger charge is -2.22. The van der Waals surface area contributed by atoms with Crippen molar-refractivity contribution >= 4 is 27.3 Å². The van der Waals surface area contributed by atoms with Gasteiger partial charge in [0.2, 0.25) is 15.9 Å². The first-order valence-corrected chi connectivity index (χ1v) is 11.5. The number of rotatable bonds is 9. The van der Waals surface area contributed by atoms with E-state index < -0.39 is 10.0 Å². The van der Waals surface area contributed by atoms with Crippen LogP contribution in [-0.2, 0) is 21.2 Å². The molecule has 2 aromatic rings. The van der Waals surface area contributed by atoms with E-state index in [1.54, 1.807) is 0 Å². The molecule has 1 N–H and O–H groups in total. The first-order chi connectivity index (χ1) is 13.2. The zero-order valence-corrected chi connectivity index (χ0v) is 17.9. The van der Waals surface area contributed by atoms with Crippen molar-refractivity contribution in [1.29, 1.82) is 0 Å². The molecule has 2 rings (SSSR count). The number of aryl methyl sites for hydroxylation is 1. The third-order valence-electron chi connectivity index (χ3n) is 4.66. The smallest absolute Gasteiger partial charge is 0.232 e. The van der Waals surface area contributed by atoms with Gasteiger partial charge >= 0.3 is 0 Å². The lowest BCUT2D eigenvalue weighted by molar-refractivity contribution is -0.116. The molecule has 0 aliphatic carbocycles. The van der Waals surface area contributed by atoms with Crippen LogP contribution in [0.1, 0.15) is 50.7 Å². The average Bonchev–Trinajstić information content (AvgIpc) is 2.65. The van der Waals surface area contributed by atoms with Crippen LogP contribution in [0.2, 0.25) is 0 Å². The van der Waals surface area contributed by atoms with Crippen LogP contribution in [0, 0.1) is 0 Å². The summed E-state index contributed by atoms with van der Waals surface area (Å²) in [6, 6.07) is 15.3. The number of hydrogen-bond donors (Lipinski definition) is 1. The van der Waals surface area contributed by atoms with Crippen molar-refractivity contribution in [2.75, 3.05) is 22.4 Å². The third-order valence-corrected chi connectivity index (χ3v) is 5.85. The highest BCUT2D eigenvalue weighted by molar-refractivity contribution is 7.92. The molecule has 2 aromatic carbocycles. The minimum absolute atomic E-state index is 0.118. The van der Waals surface area contributed by atoms with E-state index in [4.69, 9.17) is 0 Å². The Balaban J connectivity index is 1.93. The molecular formula is C22H30N2O3S. The molecule has 28 heavy (non-hydrogen) atoms. The summed E-state index contributed by atoms with van der Waals surface area (Å²) >= 11 is 0. The number of sulfonamides is 1. The Morgan fingerprint density at radius 3 is 2.14 bits per heavy atom. The minimum Gasteiger partial charge on any atom is -0.326 e. The maximum Gasteiger partial charge on any atom is 0.232 e. The molecule has 0 saturated heterocycles. The Bertz CT molecular complexity index is 873. The third kappa shape index (κ3) is 6.37. The molecule has 0 fully saturated rings. The van der Waals surface area contributed by atoms with Gasteiger partial charge in [0, 0.05) is 18.7 Å². The van der Waals surface area contributed by atoms with Crippen LogP contribution >= 0.6 is 0 Å². The van der Waals surface area contributed by atoms with Crippen molar-refractivity contribution < 1.29 is 13.2 Å². The number of carbonyl (C=O) groups is 1. The number of anilines is 2. The van der Waals surface area contributed by atoms with Crippen molar-refractivity contribution in [2.45, 2.75) is 46.0 Å². The van der Waals surface area contributed by atoms with Gasteiger partial charge in [-0.05, 0) is 54.2 Å². The first-order valence-electron chi connectivity index (χ1n) is 9.67. The molecule has 152 valence electrons. The predicted octanol–water partition coefficient (Wildman–Crippen LogP) is 4.56. The summed E-state index contributed by atoms with van der Waals surface area (Å²) in [6.07, 6.45) is 2.79. The van der Waals surface area contributed by atoms with Crippen molar-refractivity contribution in [1.82, 2.24) is 0 Å². The summed E-state index contributed by atoms with van der Waals surface area (Å²) in [5.74, 6) is 0.324. The zero-order chi connectivity index (χ0) is 20.7. The molecule has 0 aliphatic rings. The molecule has 0 radical (unpaired) electrons. The summed E-state index contributed by atoms with van der Waals surface area (Å²) in [5, 5.41) is 2.87. The monoisotopic (exact) mass is 402 g/mol. The van der Waals surface area contributed by atoms with E-state index in [0.29, 0.717) is 18.0 Å². The second kappa shape index (κ2) is 9.73. The largest absolute Gasteiger partial charge is 0.326 e. The Labute approximate surface area is 168 Å². The van der Waals surface area contributed by atoms with E-state index in [0.717, 1.165) is 17.7 Å². The fourth-order valence-electron chi connectivity index (χ4n) is 2.94. The standard InChI is InChI=1S/C22H30N2O3S/c1-5-18-8-14-21(15-9-18)24(28(4,26)27)16-6-7-22(25)23-20-12-10-19(11-13-20)17(2)3/h8-15,17H,5-7,16H2,1-4H3,(H,23,25). The van der Waals surface area contributed by atoms with Gasteiger partial charge in [0.05, 0.1) is 11.9 Å². The fourth-order valence-corrected chi connectivity index (χ4v) is 3.91. The van der Waals surface area contributed by atoms with E-state index in [1.807, 2.05) is 48.5 Å². The molecule has 0 unspecified atom stereocenters. The molecule has 0 aromatic heterocycles. The Morgan fingerprint density at radius 1 is 1.04 bits per heavy atom. The number of nitrogens with one attached hydrogen (secondary N) is 1. The van der Waals surface area contributed by atoms with Crippen LogP contribution in [-0.4, -0.2) is 27.1 Å². The Hall–Kier alpha value is -2.34. The second-order valence-corrected chi connectivity index (χ2v) is 9.19. The topological polar surface area (TPSA) is 66.5 Å². The van der Waals surface area contributed by atoms with Crippen LogP contribution in [0.15, 0.2) is 48.5 Å². The Morgan fingerprint density at radius 2 is 1.64 bits per heavy atom. The van der Waals surface area contributed by atoms with Gasteiger partial charge in [-0.2, -0.15) is 0 Å². The number of nitrogens with zero attached hydrogens (tertiary/aromatic N) is 1. The maximum absolute atomic E-state index is 12.2. The van der Waals surface area contributed by atoms with E-state index in [2.05, 4.69) is 26.1 Å². The van der Waals surface area contributed by atoms with Crippen molar-refractivity contribution in [2.24, 2.45) is 0 Å². The molecule has 1 amide bonds. The summed E-state index contributed by atoms with van der Waals surface area (Å²) in [4.78, 5) is 12.2. The molecule has 0 spiro atoms. The molecular weight excluding hydrogens is 372 g/mol. The fraction of sp³-hybridized carbons (Fsp3) is 0.409. The minimum atomic E-state index is -3.41. The highest BCUT2D eigenvalue weighted by Gasteiger charge is 2.17. The average molecular weight is 403 g/mol. The van der Waals surface area contributed by atoms with Gasteiger partial charge in [-0.3, -0.25) is 9.10 Å². The molecule has 0 atom stereocenters. The lowest BCUT2D eigenvalue weighted by Crippen LogP contribution is -2.31. The summed E-state index contributed by atoms with van der Waals surface area (Å²) in [6.45, 7) is 6.57. The molecule has 5 nitrogen and oxygen atoms in total. The number of amides is 1. The Kier molecular flexibility index (Phi) is 7.63. The van der Waals surface area contributed by atoms with Crippen LogP contribution < -0.4 is 9.62 Å². The van der Waals surface area contributed by atoms with E-state index in [1.165, 1.54) is 16.1 Å². The highest BCUT2D eigenvalue weighted by atomic mass is 32.2. The maximum atomic E-state index is 12.2. The molecule has 0 bridgehead atoms. The number of hydrogen-bond acceptors (Lipinski definition) is 3. The molecule has 0 heterocycles. The zero-order valence-electron chi connectivity index (χ0n) is 17.1. The summed E-state index contributed by atoms with van der Waals surface area (Å²) in [7, 11) is -3.41. The van der Waals surface area contributed by atoms with E-state index in [9.17, 15) is 13.2 Å². The van der Waals surface area contributed by atoms with E-state index in [-0.39, 0.29) is 18.9 Å². The van der Waals surface area contributed by atoms with Gasteiger partial charge in [-0.25, -0.2) is 8.42 Å². The summed E-state index contributed by atoms with van der Waals surface area (Å²) < 4.78 is 25.7. The van der Waals surface area contributed by atoms with E-state index >= 15 is 0 Å². The van der Waals surface area contributed by atoms with Gasteiger partial charge in [0.1, 0.15) is 0 Å². The molecule has 0 aliphatic heterocycles. The summed E-state index contributed by atoms with van der Waals surface area (Å²) in [5.41, 5.74) is 3.75. The quantitative estimate of drug-likeness (QED) is 0.669. The lowest BCUT2D eigenvalue weighted by atomic mass is 10.0. The van der Waals surface area contributed by atoms with Gasteiger partial charge in [0.25, 0.3) is 0 Å². The predicted molar refractivity (Wildman–Crippen MR) is 116 cm³/mol. The van der Waals surface area contributed by atoms with Crippen molar-refractivity contribution in [3.63, 3.8) is 0 Å². The van der Waals surface area contributed by atoms with Crippen molar-refractivity contribution in [3.8, 4) is 0 Å². The highest BCUT2D eigenvalue weighted by Crippen LogP contribution is 2.20. The molecule has 6 heteroatoms. The van der Waals surface area contributed by atoms with Crippen LogP contribution in [0.25, 0.3) is 0 Å². The first kappa shape index (κ1) is 22.0. The number of carbonyl (C=O) groups excluding carboxylic acids is 1. The normalized spacial score (nSPS) is 11.5. The van der Waals surface area contributed by atoms with Crippen LogP contribution in [0.5, 0.6) is 0 Å². The molecule has 0 saturated carbocycles.